The first-order valence-corrected chi connectivity index (χ1v) is 8.71. The zero-order valence-electron chi connectivity index (χ0n) is 14.8. The van der Waals surface area contributed by atoms with E-state index >= 15 is 0 Å². The molecule has 1 aromatic carbocycles. The molecule has 2 aliphatic heterocycles. The molecule has 1 amide bonds. The fourth-order valence-electron chi connectivity index (χ4n) is 4.11. The van der Waals surface area contributed by atoms with Crippen LogP contribution in [0.4, 0.5) is 0 Å². The lowest BCUT2D eigenvalue weighted by Crippen LogP contribution is -2.47. The van der Waals surface area contributed by atoms with Gasteiger partial charge in [0.15, 0.2) is 0 Å². The third-order valence-corrected chi connectivity index (χ3v) is 5.74. The SMILES string of the molecule is Cc1ccccc1[C@@H]1CN(C(=O)C2(C)CCNCC2)C[C@H]1C(=O)O.Cl. The predicted octanol–water partition coefficient (Wildman–Crippen LogP) is 2.43. The Morgan fingerprint density at radius 1 is 1.20 bits per heavy atom. The highest BCUT2D eigenvalue weighted by atomic mass is 35.5. The Kier molecular flexibility index (Phi) is 6.12. The number of nitrogens with zero attached hydrogens (tertiary/aromatic N) is 1. The van der Waals surface area contributed by atoms with Crippen LogP contribution < -0.4 is 5.32 Å². The molecule has 2 saturated heterocycles. The minimum absolute atomic E-state index is 0. The molecule has 2 aliphatic rings. The molecule has 2 atom stereocenters. The molecule has 0 unspecified atom stereocenters. The van der Waals surface area contributed by atoms with Crippen LogP contribution in [0, 0.1) is 18.3 Å². The summed E-state index contributed by atoms with van der Waals surface area (Å²) in [6.45, 7) is 6.54. The highest BCUT2D eigenvalue weighted by molar-refractivity contribution is 5.85. The Bertz CT molecular complexity index is 643. The van der Waals surface area contributed by atoms with E-state index in [1.165, 1.54) is 0 Å². The van der Waals surface area contributed by atoms with Crippen molar-refractivity contribution in [2.75, 3.05) is 26.2 Å². The number of carbonyl (C=O) groups excluding carboxylic acids is 1. The maximum absolute atomic E-state index is 13.1. The van der Waals surface area contributed by atoms with Crippen molar-refractivity contribution >= 4 is 24.3 Å². The number of rotatable bonds is 3. The molecule has 0 radical (unpaired) electrons. The quantitative estimate of drug-likeness (QED) is 0.862. The number of carboxylic acids is 1. The molecule has 5 nitrogen and oxygen atoms in total. The van der Waals surface area contributed by atoms with E-state index in [0.29, 0.717) is 13.1 Å². The number of hydrogen-bond donors (Lipinski definition) is 2. The number of aliphatic carboxylic acids is 1. The third kappa shape index (κ3) is 3.82. The molecule has 0 aromatic heterocycles. The Morgan fingerprint density at radius 3 is 2.44 bits per heavy atom. The van der Waals surface area contributed by atoms with Crippen LogP contribution in [0.5, 0.6) is 0 Å². The summed E-state index contributed by atoms with van der Waals surface area (Å²) in [7, 11) is 0. The van der Waals surface area contributed by atoms with Crippen molar-refractivity contribution in [1.29, 1.82) is 0 Å². The Labute approximate surface area is 155 Å². The molecule has 0 aliphatic carbocycles. The normalized spacial score (nSPS) is 25.3. The van der Waals surface area contributed by atoms with Crippen molar-refractivity contribution in [2.24, 2.45) is 11.3 Å². The van der Waals surface area contributed by atoms with E-state index in [1.54, 1.807) is 4.90 Å². The Balaban J connectivity index is 0.00000225. The van der Waals surface area contributed by atoms with E-state index in [-0.39, 0.29) is 29.6 Å². The first-order chi connectivity index (χ1) is 11.4. The van der Waals surface area contributed by atoms with Gasteiger partial charge in [-0.2, -0.15) is 0 Å². The van der Waals surface area contributed by atoms with E-state index in [9.17, 15) is 14.7 Å². The Morgan fingerprint density at radius 2 is 1.84 bits per heavy atom. The first-order valence-electron chi connectivity index (χ1n) is 8.71. The number of carbonyl (C=O) groups is 2. The summed E-state index contributed by atoms with van der Waals surface area (Å²) in [5.74, 6) is -1.35. The van der Waals surface area contributed by atoms with Crippen molar-refractivity contribution in [3.05, 3.63) is 35.4 Å². The minimum Gasteiger partial charge on any atom is -0.481 e. The van der Waals surface area contributed by atoms with Gasteiger partial charge in [-0.15, -0.1) is 12.4 Å². The highest BCUT2D eigenvalue weighted by Gasteiger charge is 2.45. The van der Waals surface area contributed by atoms with Gasteiger partial charge in [0.05, 0.1) is 5.92 Å². The molecule has 2 fully saturated rings. The number of aryl methyl sites for hydroxylation is 1. The summed E-state index contributed by atoms with van der Waals surface area (Å²) in [6, 6.07) is 7.91. The minimum atomic E-state index is -0.811. The van der Waals surface area contributed by atoms with Crippen molar-refractivity contribution in [1.82, 2.24) is 10.2 Å². The molecular weight excluding hydrogens is 340 g/mol. The fourth-order valence-corrected chi connectivity index (χ4v) is 4.11. The van der Waals surface area contributed by atoms with Crippen LogP contribution in [0.1, 0.15) is 36.8 Å². The number of halogens is 1. The molecular formula is C19H27ClN2O3. The number of benzene rings is 1. The monoisotopic (exact) mass is 366 g/mol. The number of nitrogens with one attached hydrogen (secondary N) is 1. The zero-order chi connectivity index (χ0) is 17.3. The summed E-state index contributed by atoms with van der Waals surface area (Å²) in [5.41, 5.74) is 1.78. The largest absolute Gasteiger partial charge is 0.481 e. The van der Waals surface area contributed by atoms with Crippen molar-refractivity contribution < 1.29 is 14.7 Å². The maximum atomic E-state index is 13.1. The molecule has 2 N–H and O–H groups in total. The summed E-state index contributed by atoms with van der Waals surface area (Å²) in [6.07, 6.45) is 1.63. The van der Waals surface area contributed by atoms with Crippen LogP contribution in [0.15, 0.2) is 24.3 Å². The molecule has 138 valence electrons. The lowest BCUT2D eigenvalue weighted by Gasteiger charge is -2.36. The molecule has 0 spiro atoms. The van der Waals surface area contributed by atoms with Gasteiger partial charge in [0.25, 0.3) is 0 Å². The average Bonchev–Trinajstić information content (AvgIpc) is 3.00. The van der Waals surface area contributed by atoms with Crippen LogP contribution in [-0.2, 0) is 9.59 Å². The van der Waals surface area contributed by atoms with Crippen molar-refractivity contribution in [3.63, 3.8) is 0 Å². The molecule has 3 rings (SSSR count). The summed E-state index contributed by atoms with van der Waals surface area (Å²) in [4.78, 5) is 26.6. The van der Waals surface area contributed by atoms with E-state index in [1.807, 2.05) is 38.1 Å². The van der Waals surface area contributed by atoms with Crippen molar-refractivity contribution in [2.45, 2.75) is 32.6 Å². The van der Waals surface area contributed by atoms with Gasteiger partial charge in [0.2, 0.25) is 5.91 Å². The number of hydrogen-bond acceptors (Lipinski definition) is 3. The second-order valence-electron chi connectivity index (χ2n) is 7.43. The van der Waals surface area contributed by atoms with Crippen molar-refractivity contribution in [3.8, 4) is 0 Å². The van der Waals surface area contributed by atoms with Crippen LogP contribution >= 0.6 is 12.4 Å². The smallest absolute Gasteiger partial charge is 0.308 e. The lowest BCUT2D eigenvalue weighted by atomic mass is 9.79. The molecule has 1 aromatic rings. The van der Waals surface area contributed by atoms with Gasteiger partial charge in [0.1, 0.15) is 0 Å². The first kappa shape index (κ1) is 19.7. The van der Waals surface area contributed by atoms with E-state index in [0.717, 1.165) is 37.1 Å². The van der Waals surface area contributed by atoms with E-state index < -0.39 is 11.9 Å². The van der Waals surface area contributed by atoms with E-state index in [2.05, 4.69) is 5.32 Å². The molecule has 25 heavy (non-hydrogen) atoms. The highest BCUT2D eigenvalue weighted by Crippen LogP contribution is 2.38. The summed E-state index contributed by atoms with van der Waals surface area (Å²) < 4.78 is 0. The van der Waals surface area contributed by atoms with Gasteiger partial charge in [0, 0.05) is 24.4 Å². The van der Waals surface area contributed by atoms with Gasteiger partial charge in [-0.25, -0.2) is 0 Å². The van der Waals surface area contributed by atoms with Gasteiger partial charge in [-0.3, -0.25) is 9.59 Å². The topological polar surface area (TPSA) is 69.6 Å². The van der Waals surface area contributed by atoms with E-state index in [4.69, 9.17) is 0 Å². The second kappa shape index (κ2) is 7.75. The molecule has 0 bridgehead atoms. The average molecular weight is 367 g/mol. The Hall–Kier alpha value is -1.59. The predicted molar refractivity (Wildman–Crippen MR) is 99.1 cm³/mol. The summed E-state index contributed by atoms with van der Waals surface area (Å²) >= 11 is 0. The maximum Gasteiger partial charge on any atom is 0.308 e. The number of piperidine rings is 1. The molecule has 0 saturated carbocycles. The molecule has 2 heterocycles. The number of amides is 1. The van der Waals surface area contributed by atoms with Crippen LogP contribution in [0.3, 0.4) is 0 Å². The number of likely N-dealkylation sites (tertiary alicyclic amines) is 1. The zero-order valence-corrected chi connectivity index (χ0v) is 15.6. The van der Waals surface area contributed by atoms with Gasteiger partial charge in [-0.05, 0) is 44.0 Å². The third-order valence-electron chi connectivity index (χ3n) is 5.74. The van der Waals surface area contributed by atoms with Gasteiger partial charge >= 0.3 is 5.97 Å². The second-order valence-corrected chi connectivity index (χ2v) is 7.43. The molecule has 6 heteroatoms. The number of carboxylic acid groups (broad SMARTS) is 1. The van der Waals surface area contributed by atoms with Gasteiger partial charge < -0.3 is 15.3 Å². The standard InChI is InChI=1S/C19H26N2O3.ClH/c1-13-5-3-4-6-14(13)15-11-21(12-16(15)17(22)23)18(24)19(2)7-9-20-10-8-19;/h3-6,15-16,20H,7-12H2,1-2H3,(H,22,23);1H/t15-,16+;/m0./s1. The summed E-state index contributed by atoms with van der Waals surface area (Å²) in [5, 5.41) is 13.0. The lowest BCUT2D eigenvalue weighted by molar-refractivity contribution is -0.143. The van der Waals surface area contributed by atoms with Crippen LogP contribution in [0.25, 0.3) is 0 Å². The van der Waals surface area contributed by atoms with Crippen LogP contribution in [0.2, 0.25) is 0 Å². The fraction of sp³-hybridized carbons (Fsp3) is 0.579. The van der Waals surface area contributed by atoms with Gasteiger partial charge in [-0.1, -0.05) is 31.2 Å². The van der Waals surface area contributed by atoms with Crippen LogP contribution in [-0.4, -0.2) is 48.1 Å².